The maximum absolute atomic E-state index is 13.6. The number of hydrogen-bond acceptors (Lipinski definition) is 4. The molecule has 0 aliphatic carbocycles. The number of halogens is 3. The molecule has 0 radical (unpaired) electrons. The fraction of sp³-hybridized carbons (Fsp3) is 0.208. The third-order valence-electron chi connectivity index (χ3n) is 5.71. The van der Waals surface area contributed by atoms with Crippen molar-refractivity contribution in [3.05, 3.63) is 101 Å². The average Bonchev–Trinajstić information content (AvgIpc) is 2.82. The second-order valence-electron chi connectivity index (χ2n) is 7.70. The highest BCUT2D eigenvalue weighted by molar-refractivity contribution is 7.89. The van der Waals surface area contributed by atoms with E-state index in [-0.39, 0.29) is 41.2 Å². The number of sulfonamides is 1. The van der Waals surface area contributed by atoms with Gasteiger partial charge in [-0.2, -0.15) is 9.57 Å². The van der Waals surface area contributed by atoms with E-state index in [0.717, 1.165) is 29.3 Å². The van der Waals surface area contributed by atoms with Crippen LogP contribution in [0.5, 0.6) is 0 Å². The van der Waals surface area contributed by atoms with Crippen LogP contribution in [-0.2, 0) is 10.0 Å². The van der Waals surface area contributed by atoms with Crippen molar-refractivity contribution in [1.29, 1.82) is 5.26 Å². The number of benzene rings is 3. The second-order valence-corrected chi connectivity index (χ2v) is 9.64. The fourth-order valence-corrected chi connectivity index (χ4v) is 5.45. The van der Waals surface area contributed by atoms with Crippen LogP contribution in [0.1, 0.15) is 22.7 Å². The predicted octanol–water partition coefficient (Wildman–Crippen LogP) is 4.07. The Morgan fingerprint density at radius 3 is 1.79 bits per heavy atom. The van der Waals surface area contributed by atoms with Crippen LogP contribution >= 0.6 is 0 Å². The van der Waals surface area contributed by atoms with Gasteiger partial charge in [0.1, 0.15) is 23.5 Å². The lowest BCUT2D eigenvalue weighted by Crippen LogP contribution is -2.49. The second kappa shape index (κ2) is 9.35. The van der Waals surface area contributed by atoms with E-state index in [1.54, 1.807) is 30.3 Å². The molecule has 0 spiro atoms. The first kappa shape index (κ1) is 23.0. The summed E-state index contributed by atoms with van der Waals surface area (Å²) in [6.07, 6.45) is 0. The van der Waals surface area contributed by atoms with Crippen LogP contribution in [0.15, 0.2) is 71.6 Å². The van der Waals surface area contributed by atoms with Gasteiger partial charge in [-0.1, -0.05) is 24.3 Å². The molecule has 0 unspecified atom stereocenters. The van der Waals surface area contributed by atoms with Crippen molar-refractivity contribution in [2.24, 2.45) is 0 Å². The van der Waals surface area contributed by atoms with Gasteiger partial charge in [0.05, 0.1) is 16.5 Å². The molecule has 0 amide bonds. The van der Waals surface area contributed by atoms with E-state index in [4.69, 9.17) is 5.26 Å². The van der Waals surface area contributed by atoms with Gasteiger partial charge in [-0.15, -0.1) is 0 Å². The van der Waals surface area contributed by atoms with Gasteiger partial charge >= 0.3 is 0 Å². The normalized spacial score (nSPS) is 15.5. The molecule has 1 heterocycles. The van der Waals surface area contributed by atoms with Crippen LogP contribution < -0.4 is 0 Å². The number of hydrogen-bond donors (Lipinski definition) is 0. The molecule has 1 fully saturated rings. The number of nitrogens with zero attached hydrogens (tertiary/aromatic N) is 3. The summed E-state index contributed by atoms with van der Waals surface area (Å²) in [5, 5.41) is 9.01. The largest absolute Gasteiger partial charge is 0.290 e. The van der Waals surface area contributed by atoms with Gasteiger partial charge in [0, 0.05) is 26.2 Å². The molecule has 0 atom stereocenters. The summed E-state index contributed by atoms with van der Waals surface area (Å²) < 4.78 is 68.0. The first-order chi connectivity index (χ1) is 15.8. The van der Waals surface area contributed by atoms with Crippen LogP contribution in [0, 0.1) is 28.8 Å². The lowest BCUT2D eigenvalue weighted by atomic mass is 9.96. The Hall–Kier alpha value is -3.19. The molecule has 3 aromatic carbocycles. The van der Waals surface area contributed by atoms with Crippen LogP contribution in [0.2, 0.25) is 0 Å². The number of rotatable bonds is 5. The standard InChI is InChI=1S/C24H20F3N3O2S/c25-20-5-1-17(2-6-20)24(18-3-7-21(26)8-4-18)29-11-13-30(14-12-29)33(31,32)22-9-10-23(27)19(15-22)16-28/h1-10,15,24H,11-14H2. The van der Waals surface area contributed by atoms with Gasteiger partial charge in [0.25, 0.3) is 0 Å². The summed E-state index contributed by atoms with van der Waals surface area (Å²) in [5.41, 5.74) is 1.27. The average molecular weight is 472 g/mol. The van der Waals surface area contributed by atoms with E-state index in [0.29, 0.717) is 13.1 Å². The van der Waals surface area contributed by atoms with E-state index in [2.05, 4.69) is 4.90 Å². The zero-order valence-corrected chi connectivity index (χ0v) is 18.3. The molecule has 33 heavy (non-hydrogen) atoms. The van der Waals surface area contributed by atoms with Crippen molar-refractivity contribution in [3.63, 3.8) is 0 Å². The van der Waals surface area contributed by atoms with E-state index in [9.17, 15) is 21.6 Å². The Kier molecular flexibility index (Phi) is 6.51. The van der Waals surface area contributed by atoms with Gasteiger partial charge < -0.3 is 0 Å². The summed E-state index contributed by atoms with van der Waals surface area (Å²) >= 11 is 0. The van der Waals surface area contributed by atoms with E-state index >= 15 is 0 Å². The molecule has 3 aromatic rings. The summed E-state index contributed by atoms with van der Waals surface area (Å²) in [5.74, 6) is -1.52. The molecule has 0 N–H and O–H groups in total. The summed E-state index contributed by atoms with van der Waals surface area (Å²) in [6.45, 7) is 1.07. The first-order valence-electron chi connectivity index (χ1n) is 10.2. The molecular weight excluding hydrogens is 451 g/mol. The molecule has 4 rings (SSSR count). The Morgan fingerprint density at radius 1 is 0.788 bits per heavy atom. The van der Waals surface area contributed by atoms with E-state index in [1.165, 1.54) is 28.6 Å². The fourth-order valence-electron chi connectivity index (χ4n) is 4.01. The molecule has 1 aliphatic rings. The molecule has 170 valence electrons. The molecule has 0 bridgehead atoms. The summed E-state index contributed by atoms with van der Waals surface area (Å²) in [6, 6.07) is 16.6. The van der Waals surface area contributed by atoms with Gasteiger partial charge in [-0.3, -0.25) is 4.90 Å². The zero-order valence-electron chi connectivity index (χ0n) is 17.5. The maximum atomic E-state index is 13.6. The molecule has 0 aromatic heterocycles. The summed E-state index contributed by atoms with van der Waals surface area (Å²) in [7, 11) is -3.91. The van der Waals surface area contributed by atoms with Crippen molar-refractivity contribution in [1.82, 2.24) is 9.21 Å². The lowest BCUT2D eigenvalue weighted by molar-refractivity contribution is 0.155. The minimum atomic E-state index is -3.91. The number of nitriles is 1. The van der Waals surface area contributed by atoms with Gasteiger partial charge in [-0.25, -0.2) is 21.6 Å². The third kappa shape index (κ3) is 4.78. The van der Waals surface area contributed by atoms with Crippen LogP contribution in [0.3, 0.4) is 0 Å². The van der Waals surface area contributed by atoms with Crippen molar-refractivity contribution in [3.8, 4) is 6.07 Å². The predicted molar refractivity (Wildman–Crippen MR) is 116 cm³/mol. The number of piperazine rings is 1. The Morgan fingerprint density at radius 2 is 1.30 bits per heavy atom. The molecule has 9 heteroatoms. The van der Waals surface area contributed by atoms with Gasteiger partial charge in [-0.05, 0) is 53.6 Å². The zero-order chi connectivity index (χ0) is 23.6. The third-order valence-corrected chi connectivity index (χ3v) is 7.60. The van der Waals surface area contributed by atoms with Gasteiger partial charge in [0.15, 0.2) is 0 Å². The van der Waals surface area contributed by atoms with E-state index < -0.39 is 15.8 Å². The molecule has 1 aliphatic heterocycles. The Balaban J connectivity index is 1.58. The minimum Gasteiger partial charge on any atom is -0.290 e. The lowest BCUT2D eigenvalue weighted by Gasteiger charge is -2.39. The Bertz CT molecular complexity index is 1240. The highest BCUT2D eigenvalue weighted by Crippen LogP contribution is 2.31. The topological polar surface area (TPSA) is 64.4 Å². The van der Waals surface area contributed by atoms with Crippen molar-refractivity contribution in [2.75, 3.05) is 26.2 Å². The molecule has 0 saturated carbocycles. The Labute approximate surface area is 190 Å². The quantitative estimate of drug-likeness (QED) is 0.563. The van der Waals surface area contributed by atoms with Crippen molar-refractivity contribution in [2.45, 2.75) is 10.9 Å². The smallest absolute Gasteiger partial charge is 0.243 e. The summed E-state index contributed by atoms with van der Waals surface area (Å²) in [4.78, 5) is 1.92. The minimum absolute atomic E-state index is 0.137. The molecular formula is C24H20F3N3O2S. The van der Waals surface area contributed by atoms with Crippen LogP contribution in [-0.4, -0.2) is 43.8 Å². The maximum Gasteiger partial charge on any atom is 0.243 e. The SMILES string of the molecule is N#Cc1cc(S(=O)(=O)N2CCN(C(c3ccc(F)cc3)c3ccc(F)cc3)CC2)ccc1F. The first-order valence-corrected chi connectivity index (χ1v) is 11.7. The van der Waals surface area contributed by atoms with Crippen LogP contribution in [0.4, 0.5) is 13.2 Å². The van der Waals surface area contributed by atoms with Gasteiger partial charge in [0.2, 0.25) is 10.0 Å². The molecule has 1 saturated heterocycles. The highest BCUT2D eigenvalue weighted by Gasteiger charge is 2.32. The van der Waals surface area contributed by atoms with Crippen molar-refractivity contribution < 1.29 is 21.6 Å². The van der Waals surface area contributed by atoms with Crippen LogP contribution in [0.25, 0.3) is 0 Å². The highest BCUT2D eigenvalue weighted by atomic mass is 32.2. The van der Waals surface area contributed by atoms with E-state index in [1.807, 2.05) is 0 Å². The van der Waals surface area contributed by atoms with Crippen molar-refractivity contribution >= 4 is 10.0 Å². The molecule has 5 nitrogen and oxygen atoms in total. The monoisotopic (exact) mass is 471 g/mol.